The monoisotopic (exact) mass is 195 g/mol. The fourth-order valence-corrected chi connectivity index (χ4v) is 1.94. The van der Waals surface area contributed by atoms with E-state index in [-0.39, 0.29) is 17.7 Å². The van der Waals surface area contributed by atoms with Crippen molar-refractivity contribution in [3.05, 3.63) is 0 Å². The van der Waals surface area contributed by atoms with Crippen molar-refractivity contribution >= 4 is 17.5 Å². The van der Waals surface area contributed by atoms with E-state index in [2.05, 4.69) is 5.10 Å². The van der Waals surface area contributed by atoms with E-state index in [4.69, 9.17) is 0 Å². The van der Waals surface area contributed by atoms with Crippen LogP contribution in [0.1, 0.15) is 13.3 Å². The minimum atomic E-state index is -0.0735. The summed E-state index contributed by atoms with van der Waals surface area (Å²) in [5.74, 6) is 0.0342. The van der Waals surface area contributed by atoms with Gasteiger partial charge in [0.05, 0.1) is 18.2 Å². The Kier molecular flexibility index (Phi) is 2.02. The summed E-state index contributed by atoms with van der Waals surface area (Å²) in [7, 11) is 1.66. The van der Waals surface area contributed by atoms with Gasteiger partial charge in [-0.15, -0.1) is 0 Å². The van der Waals surface area contributed by atoms with Crippen molar-refractivity contribution in [2.45, 2.75) is 13.3 Å². The summed E-state index contributed by atoms with van der Waals surface area (Å²) in [6.45, 7) is 2.72. The van der Waals surface area contributed by atoms with Crippen LogP contribution in [0.25, 0.3) is 0 Å². The Bertz CT molecular complexity index is 324. The number of likely N-dealkylation sites (tertiary alicyclic amines) is 1. The van der Waals surface area contributed by atoms with Crippen LogP contribution in [0.3, 0.4) is 0 Å². The zero-order chi connectivity index (χ0) is 10.3. The molecule has 1 saturated heterocycles. The van der Waals surface area contributed by atoms with Gasteiger partial charge in [0.2, 0.25) is 5.91 Å². The Morgan fingerprint density at radius 2 is 2.29 bits per heavy atom. The second kappa shape index (κ2) is 3.08. The largest absolute Gasteiger partial charge is 0.337 e. The van der Waals surface area contributed by atoms with Gasteiger partial charge < -0.3 is 4.90 Å². The lowest BCUT2D eigenvalue weighted by molar-refractivity contribution is -0.133. The minimum absolute atomic E-state index is 0.0492. The molecular formula is C9H13N3O2. The van der Waals surface area contributed by atoms with Gasteiger partial charge >= 0.3 is 0 Å². The number of carbonyl (C=O) groups excluding carboxylic acids is 2. The summed E-state index contributed by atoms with van der Waals surface area (Å²) < 4.78 is 0. The van der Waals surface area contributed by atoms with Crippen LogP contribution in [0.5, 0.6) is 0 Å². The molecule has 0 bridgehead atoms. The quantitative estimate of drug-likeness (QED) is 0.532. The van der Waals surface area contributed by atoms with Crippen LogP contribution in [0.2, 0.25) is 0 Å². The van der Waals surface area contributed by atoms with Crippen molar-refractivity contribution in [2.24, 2.45) is 11.0 Å². The molecule has 0 radical (unpaired) electrons. The summed E-state index contributed by atoms with van der Waals surface area (Å²) >= 11 is 0. The highest BCUT2D eigenvalue weighted by Gasteiger charge is 2.38. The molecule has 2 rings (SSSR count). The van der Waals surface area contributed by atoms with Gasteiger partial charge in [-0.2, -0.15) is 5.10 Å². The zero-order valence-electron chi connectivity index (χ0n) is 8.36. The molecule has 2 aliphatic rings. The smallest absolute Gasteiger partial charge is 0.251 e. The van der Waals surface area contributed by atoms with E-state index in [0.29, 0.717) is 19.5 Å². The third-order valence-electron chi connectivity index (χ3n) is 2.78. The van der Waals surface area contributed by atoms with E-state index < -0.39 is 0 Å². The first-order valence-electron chi connectivity index (χ1n) is 4.70. The number of hydrogen-bond acceptors (Lipinski definition) is 3. The van der Waals surface area contributed by atoms with E-state index in [1.54, 1.807) is 18.9 Å². The van der Waals surface area contributed by atoms with Crippen LogP contribution in [0.15, 0.2) is 5.10 Å². The average Bonchev–Trinajstić information content (AvgIpc) is 2.42. The van der Waals surface area contributed by atoms with Crippen LogP contribution in [-0.4, -0.2) is 47.6 Å². The zero-order valence-corrected chi connectivity index (χ0v) is 8.36. The maximum atomic E-state index is 11.5. The third-order valence-corrected chi connectivity index (χ3v) is 2.78. The molecule has 2 amide bonds. The Morgan fingerprint density at radius 1 is 1.57 bits per heavy atom. The molecule has 0 saturated carbocycles. The fourth-order valence-electron chi connectivity index (χ4n) is 1.94. The van der Waals surface area contributed by atoms with E-state index in [1.165, 1.54) is 5.01 Å². The summed E-state index contributed by atoms with van der Waals surface area (Å²) in [6.07, 6.45) is 0.710. The van der Waals surface area contributed by atoms with Gasteiger partial charge in [-0.1, -0.05) is 0 Å². The molecule has 0 spiro atoms. The molecule has 2 heterocycles. The SMILES string of the molecule is CC(=O)N1CCC2C(=O)N(C)N=C2C1. The Morgan fingerprint density at radius 3 is 2.93 bits per heavy atom. The number of amides is 2. The first-order chi connectivity index (χ1) is 6.59. The molecule has 5 nitrogen and oxygen atoms in total. The van der Waals surface area contributed by atoms with Crippen molar-refractivity contribution in [3.8, 4) is 0 Å². The maximum absolute atomic E-state index is 11.5. The third kappa shape index (κ3) is 1.29. The predicted molar refractivity (Wildman–Crippen MR) is 50.6 cm³/mol. The lowest BCUT2D eigenvalue weighted by Gasteiger charge is -2.28. The van der Waals surface area contributed by atoms with Gasteiger partial charge in [-0.25, -0.2) is 5.01 Å². The fraction of sp³-hybridized carbons (Fsp3) is 0.667. The molecule has 0 aromatic carbocycles. The minimum Gasteiger partial charge on any atom is -0.337 e. The molecule has 0 aromatic rings. The topological polar surface area (TPSA) is 53.0 Å². The highest BCUT2D eigenvalue weighted by Crippen LogP contribution is 2.22. The summed E-state index contributed by atoms with van der Waals surface area (Å²) in [5.41, 5.74) is 0.832. The molecule has 1 atom stereocenters. The standard InChI is InChI=1S/C9H13N3O2/c1-6(13)12-4-3-7-8(5-12)10-11(2)9(7)14/h7H,3-5H2,1-2H3. The second-order valence-corrected chi connectivity index (χ2v) is 3.74. The van der Waals surface area contributed by atoms with Gasteiger partial charge in [0.15, 0.2) is 0 Å². The van der Waals surface area contributed by atoms with Crippen LogP contribution in [-0.2, 0) is 9.59 Å². The van der Waals surface area contributed by atoms with Gasteiger partial charge in [0, 0.05) is 20.5 Å². The lowest BCUT2D eigenvalue weighted by atomic mass is 9.95. The number of nitrogens with zero attached hydrogens (tertiary/aromatic N) is 3. The van der Waals surface area contributed by atoms with E-state index >= 15 is 0 Å². The summed E-state index contributed by atoms with van der Waals surface area (Å²) in [4.78, 5) is 24.4. The van der Waals surface area contributed by atoms with E-state index in [1.807, 2.05) is 0 Å². The molecule has 1 fully saturated rings. The summed E-state index contributed by atoms with van der Waals surface area (Å²) in [5, 5.41) is 5.51. The van der Waals surface area contributed by atoms with Crippen LogP contribution in [0, 0.1) is 5.92 Å². The van der Waals surface area contributed by atoms with Gasteiger partial charge in [-0.05, 0) is 6.42 Å². The molecule has 5 heteroatoms. The van der Waals surface area contributed by atoms with Crippen molar-refractivity contribution in [2.75, 3.05) is 20.1 Å². The molecule has 0 aromatic heterocycles. The van der Waals surface area contributed by atoms with Crippen molar-refractivity contribution < 1.29 is 9.59 Å². The maximum Gasteiger partial charge on any atom is 0.251 e. The summed E-state index contributed by atoms with van der Waals surface area (Å²) in [6, 6.07) is 0. The Hall–Kier alpha value is -1.39. The highest BCUT2D eigenvalue weighted by atomic mass is 16.2. The molecule has 2 aliphatic heterocycles. The number of hydrazone groups is 1. The van der Waals surface area contributed by atoms with Crippen LogP contribution < -0.4 is 0 Å². The second-order valence-electron chi connectivity index (χ2n) is 3.74. The number of carbonyl (C=O) groups is 2. The van der Waals surface area contributed by atoms with Gasteiger partial charge in [0.25, 0.3) is 5.91 Å². The number of hydrogen-bond donors (Lipinski definition) is 0. The number of piperidine rings is 1. The normalized spacial score (nSPS) is 26.3. The molecule has 76 valence electrons. The predicted octanol–water partition coefficient (Wildman–Crippen LogP) is -0.317. The Labute approximate surface area is 82.4 Å². The van der Waals surface area contributed by atoms with E-state index in [0.717, 1.165) is 5.71 Å². The van der Waals surface area contributed by atoms with Gasteiger partial charge in [0.1, 0.15) is 0 Å². The van der Waals surface area contributed by atoms with Crippen molar-refractivity contribution in [1.82, 2.24) is 9.91 Å². The molecule has 0 aliphatic carbocycles. The molecule has 0 N–H and O–H groups in total. The van der Waals surface area contributed by atoms with Crippen LogP contribution in [0.4, 0.5) is 0 Å². The molecule has 14 heavy (non-hydrogen) atoms. The highest BCUT2D eigenvalue weighted by molar-refractivity contribution is 6.10. The van der Waals surface area contributed by atoms with Crippen molar-refractivity contribution in [3.63, 3.8) is 0 Å². The average molecular weight is 195 g/mol. The molecule has 1 unspecified atom stereocenters. The van der Waals surface area contributed by atoms with E-state index in [9.17, 15) is 9.59 Å². The molecular weight excluding hydrogens is 182 g/mol. The Balaban J connectivity index is 2.15. The lowest BCUT2D eigenvalue weighted by Crippen LogP contribution is -2.44. The van der Waals surface area contributed by atoms with Crippen molar-refractivity contribution in [1.29, 1.82) is 0 Å². The number of rotatable bonds is 0. The first-order valence-corrected chi connectivity index (χ1v) is 4.70. The van der Waals surface area contributed by atoms with Gasteiger partial charge in [-0.3, -0.25) is 9.59 Å². The number of fused-ring (bicyclic) bond motifs is 1. The first kappa shape index (κ1) is 9.18. The van der Waals surface area contributed by atoms with Crippen LogP contribution >= 0.6 is 0 Å².